The second-order valence-corrected chi connectivity index (χ2v) is 10.7. The van der Waals surface area contributed by atoms with E-state index in [0.717, 1.165) is 43.8 Å². The molecule has 0 radical (unpaired) electrons. The smallest absolute Gasteiger partial charge is 0.115 e. The Morgan fingerprint density at radius 1 is 1.03 bits per heavy atom. The molecule has 3 N–H and O–H groups in total. The fourth-order valence-corrected chi connectivity index (χ4v) is 7.15. The monoisotopic (exact) mass is 419 g/mol. The molecule has 2 bridgehead atoms. The minimum Gasteiger partial charge on any atom is -0.508 e. The van der Waals surface area contributed by atoms with E-state index in [1.54, 1.807) is 6.07 Å². The number of piperidine rings is 1. The second-order valence-electron chi connectivity index (χ2n) is 10.7. The Hall–Kier alpha value is -1.88. The summed E-state index contributed by atoms with van der Waals surface area (Å²) in [5.74, 6) is 1.09. The normalized spacial score (nSPS) is 37.2. The standard InChI is InChI=1S/C27H33NO3/c29-22-9-8-20-13-25-27(31)15-21(12-18-4-2-1-3-5-18)24(30)16-26(27,23(20)14-22)10-11-28(25)17-19-6-7-19/h1-5,8-9,14,19,21,24-25,29-31H,6-7,10-13,15-17H2. The minimum atomic E-state index is -0.875. The van der Waals surface area contributed by atoms with Crippen LogP contribution in [-0.2, 0) is 18.3 Å². The Balaban J connectivity index is 1.41. The number of likely N-dealkylation sites (tertiary alicyclic amines) is 1. The van der Waals surface area contributed by atoms with Crippen LogP contribution in [0.15, 0.2) is 48.5 Å². The molecule has 2 aromatic rings. The molecule has 4 nitrogen and oxygen atoms in total. The van der Waals surface area contributed by atoms with E-state index in [1.807, 2.05) is 30.3 Å². The van der Waals surface area contributed by atoms with E-state index in [2.05, 4.69) is 17.0 Å². The maximum Gasteiger partial charge on any atom is 0.115 e. The van der Waals surface area contributed by atoms with Gasteiger partial charge in [-0.25, -0.2) is 0 Å². The molecule has 4 aliphatic rings. The molecule has 5 atom stereocenters. The van der Waals surface area contributed by atoms with Gasteiger partial charge in [0.1, 0.15) is 5.75 Å². The topological polar surface area (TPSA) is 63.9 Å². The molecule has 31 heavy (non-hydrogen) atoms. The highest BCUT2D eigenvalue weighted by molar-refractivity contribution is 5.48. The van der Waals surface area contributed by atoms with Gasteiger partial charge in [0.2, 0.25) is 0 Å². The molecule has 5 unspecified atom stereocenters. The molecule has 1 saturated heterocycles. The number of phenols is 1. The summed E-state index contributed by atoms with van der Waals surface area (Å²) in [6, 6.07) is 16.1. The molecule has 6 rings (SSSR count). The van der Waals surface area contributed by atoms with Crippen molar-refractivity contribution in [3.8, 4) is 5.75 Å². The molecule has 1 aliphatic heterocycles. The highest BCUT2D eigenvalue weighted by Gasteiger charge is 2.66. The average molecular weight is 420 g/mol. The molecule has 1 heterocycles. The van der Waals surface area contributed by atoms with E-state index in [4.69, 9.17) is 0 Å². The van der Waals surface area contributed by atoms with Crippen molar-refractivity contribution in [2.75, 3.05) is 13.1 Å². The van der Waals surface area contributed by atoms with E-state index in [-0.39, 0.29) is 17.7 Å². The quantitative estimate of drug-likeness (QED) is 0.711. The summed E-state index contributed by atoms with van der Waals surface area (Å²) >= 11 is 0. The third-order valence-corrected chi connectivity index (χ3v) is 8.87. The van der Waals surface area contributed by atoms with Gasteiger partial charge in [-0.15, -0.1) is 0 Å². The van der Waals surface area contributed by atoms with Crippen LogP contribution in [0.5, 0.6) is 5.75 Å². The Kier molecular flexibility index (Phi) is 4.51. The summed E-state index contributed by atoms with van der Waals surface area (Å²) in [5, 5.41) is 34.1. The van der Waals surface area contributed by atoms with Gasteiger partial charge in [-0.1, -0.05) is 36.4 Å². The van der Waals surface area contributed by atoms with Gasteiger partial charge >= 0.3 is 0 Å². The van der Waals surface area contributed by atoms with E-state index < -0.39 is 17.1 Å². The molecule has 3 fully saturated rings. The molecule has 4 heteroatoms. The van der Waals surface area contributed by atoms with Crippen LogP contribution in [0.3, 0.4) is 0 Å². The van der Waals surface area contributed by atoms with Crippen molar-refractivity contribution >= 4 is 0 Å². The SMILES string of the molecule is Oc1ccc2c(c1)C13CCN(CC4CC4)C(C2)C1(O)CC(Cc1ccccc1)C(O)C3. The van der Waals surface area contributed by atoms with Crippen molar-refractivity contribution in [2.24, 2.45) is 11.8 Å². The van der Waals surface area contributed by atoms with Crippen molar-refractivity contribution in [3.63, 3.8) is 0 Å². The van der Waals surface area contributed by atoms with Gasteiger partial charge in [0.25, 0.3) is 0 Å². The molecular weight excluding hydrogens is 386 g/mol. The average Bonchev–Trinajstić information content (AvgIpc) is 3.57. The largest absolute Gasteiger partial charge is 0.508 e. The number of rotatable bonds is 4. The number of fused-ring (bicyclic) bond motifs is 1. The molecule has 2 aromatic carbocycles. The predicted octanol–water partition coefficient (Wildman–Crippen LogP) is 3.42. The first-order chi connectivity index (χ1) is 15.0. The van der Waals surface area contributed by atoms with Gasteiger partial charge in [-0.2, -0.15) is 0 Å². The fourth-order valence-electron chi connectivity index (χ4n) is 7.15. The van der Waals surface area contributed by atoms with Gasteiger partial charge in [0.15, 0.2) is 0 Å². The van der Waals surface area contributed by atoms with Crippen LogP contribution in [0.1, 0.15) is 48.8 Å². The Morgan fingerprint density at radius 2 is 1.84 bits per heavy atom. The number of benzene rings is 2. The summed E-state index contributed by atoms with van der Waals surface area (Å²) in [4.78, 5) is 2.56. The van der Waals surface area contributed by atoms with E-state index >= 15 is 0 Å². The maximum absolute atomic E-state index is 12.5. The third-order valence-electron chi connectivity index (χ3n) is 8.87. The van der Waals surface area contributed by atoms with Crippen molar-refractivity contribution < 1.29 is 15.3 Å². The Morgan fingerprint density at radius 3 is 2.61 bits per heavy atom. The lowest BCUT2D eigenvalue weighted by Crippen LogP contribution is -2.74. The minimum absolute atomic E-state index is 0.0442. The maximum atomic E-state index is 12.5. The van der Waals surface area contributed by atoms with Crippen molar-refractivity contribution in [2.45, 2.75) is 68.1 Å². The molecule has 164 valence electrons. The number of nitrogens with zero attached hydrogens (tertiary/aromatic N) is 1. The van der Waals surface area contributed by atoms with Crippen LogP contribution in [0.4, 0.5) is 0 Å². The van der Waals surface area contributed by atoms with Crippen LogP contribution in [0.25, 0.3) is 0 Å². The van der Waals surface area contributed by atoms with Gasteiger partial charge in [0, 0.05) is 18.0 Å². The Bertz CT molecular complexity index is 974. The summed E-state index contributed by atoms with van der Waals surface area (Å²) in [7, 11) is 0. The van der Waals surface area contributed by atoms with Crippen LogP contribution < -0.4 is 0 Å². The molecular formula is C27H33NO3. The van der Waals surface area contributed by atoms with Gasteiger partial charge in [0.05, 0.1) is 11.7 Å². The number of hydrogen-bond donors (Lipinski definition) is 3. The van der Waals surface area contributed by atoms with Crippen molar-refractivity contribution in [1.82, 2.24) is 4.90 Å². The number of aromatic hydroxyl groups is 1. The lowest BCUT2D eigenvalue weighted by atomic mass is 9.47. The number of aliphatic hydroxyl groups excluding tert-OH is 1. The summed E-state index contributed by atoms with van der Waals surface area (Å²) in [5.41, 5.74) is 2.19. The molecule has 3 aliphatic carbocycles. The zero-order valence-corrected chi connectivity index (χ0v) is 18.1. The zero-order chi connectivity index (χ0) is 21.2. The predicted molar refractivity (Wildman–Crippen MR) is 120 cm³/mol. The van der Waals surface area contributed by atoms with Gasteiger partial charge in [-0.3, -0.25) is 4.90 Å². The second kappa shape index (κ2) is 7.06. The first-order valence-electron chi connectivity index (χ1n) is 12.0. The Labute approximate surface area is 184 Å². The fraction of sp³-hybridized carbons (Fsp3) is 0.556. The van der Waals surface area contributed by atoms with Crippen LogP contribution in [0, 0.1) is 11.8 Å². The first-order valence-corrected chi connectivity index (χ1v) is 12.0. The highest BCUT2D eigenvalue weighted by Crippen LogP contribution is 2.60. The number of aliphatic hydroxyl groups is 2. The van der Waals surface area contributed by atoms with Gasteiger partial charge < -0.3 is 15.3 Å². The van der Waals surface area contributed by atoms with E-state index in [1.165, 1.54) is 24.0 Å². The van der Waals surface area contributed by atoms with Crippen molar-refractivity contribution in [3.05, 3.63) is 65.2 Å². The van der Waals surface area contributed by atoms with Crippen LogP contribution in [0.2, 0.25) is 0 Å². The summed E-state index contributed by atoms with van der Waals surface area (Å²) < 4.78 is 0. The summed E-state index contributed by atoms with van der Waals surface area (Å²) in [6.07, 6.45) is 5.83. The number of phenolic OH excluding ortho intramolecular Hbond substituents is 1. The zero-order valence-electron chi connectivity index (χ0n) is 18.1. The summed E-state index contributed by atoms with van der Waals surface area (Å²) in [6.45, 7) is 2.05. The molecule has 0 aromatic heterocycles. The molecule has 0 spiro atoms. The van der Waals surface area contributed by atoms with Crippen molar-refractivity contribution in [1.29, 1.82) is 0 Å². The highest BCUT2D eigenvalue weighted by atomic mass is 16.3. The molecule has 0 amide bonds. The van der Waals surface area contributed by atoms with Crippen LogP contribution in [-0.4, -0.2) is 51.1 Å². The number of hydrogen-bond acceptors (Lipinski definition) is 4. The van der Waals surface area contributed by atoms with E-state index in [9.17, 15) is 15.3 Å². The molecule has 2 saturated carbocycles. The lowest BCUT2D eigenvalue weighted by Gasteiger charge is -2.65. The van der Waals surface area contributed by atoms with Gasteiger partial charge in [-0.05, 0) is 92.1 Å². The van der Waals surface area contributed by atoms with Crippen LogP contribution >= 0.6 is 0 Å². The lowest BCUT2D eigenvalue weighted by molar-refractivity contribution is -0.197. The first kappa shape index (κ1) is 19.8. The van der Waals surface area contributed by atoms with E-state index in [0.29, 0.717) is 12.8 Å². The third kappa shape index (κ3) is 3.06.